The Labute approximate surface area is 153 Å². The molecular weight excluding hydrogens is 386 g/mol. The van der Waals surface area contributed by atoms with E-state index in [2.05, 4.69) is 21.2 Å². The summed E-state index contributed by atoms with van der Waals surface area (Å²) in [5, 5.41) is 13.3. The van der Waals surface area contributed by atoms with Gasteiger partial charge in [0.15, 0.2) is 0 Å². The van der Waals surface area contributed by atoms with Crippen molar-refractivity contribution < 1.29 is 9.90 Å². The molecular formula is C19H16BrNO2S. The molecule has 1 unspecified atom stereocenters. The van der Waals surface area contributed by atoms with Crippen molar-refractivity contribution in [3.05, 3.63) is 92.1 Å². The summed E-state index contributed by atoms with van der Waals surface area (Å²) in [6.45, 7) is 0.442. The molecule has 0 aliphatic heterocycles. The molecule has 0 aliphatic rings. The van der Waals surface area contributed by atoms with Gasteiger partial charge in [0.2, 0.25) is 0 Å². The van der Waals surface area contributed by atoms with Gasteiger partial charge >= 0.3 is 0 Å². The van der Waals surface area contributed by atoms with E-state index in [4.69, 9.17) is 0 Å². The van der Waals surface area contributed by atoms with E-state index in [1.807, 2.05) is 54.6 Å². The van der Waals surface area contributed by atoms with E-state index < -0.39 is 6.10 Å². The Bertz CT molecular complexity index is 832. The van der Waals surface area contributed by atoms with Crippen LogP contribution in [0.3, 0.4) is 0 Å². The summed E-state index contributed by atoms with van der Waals surface area (Å²) in [5.41, 5.74) is 1.48. The topological polar surface area (TPSA) is 49.3 Å². The van der Waals surface area contributed by atoms with Crippen LogP contribution in [-0.4, -0.2) is 11.0 Å². The minimum Gasteiger partial charge on any atom is -0.383 e. The number of aliphatic hydroxyl groups excluding tert-OH is 1. The van der Waals surface area contributed by atoms with Crippen LogP contribution in [-0.2, 0) is 6.54 Å². The zero-order valence-electron chi connectivity index (χ0n) is 12.8. The summed E-state index contributed by atoms with van der Waals surface area (Å²) in [6.07, 6.45) is -0.634. The van der Waals surface area contributed by atoms with Gasteiger partial charge in [-0.25, -0.2) is 0 Å². The minimum atomic E-state index is -0.634. The van der Waals surface area contributed by atoms with Gasteiger partial charge in [-0.1, -0.05) is 52.3 Å². The molecule has 122 valence electrons. The molecule has 0 radical (unpaired) electrons. The van der Waals surface area contributed by atoms with Gasteiger partial charge in [0.25, 0.3) is 5.91 Å². The lowest BCUT2D eigenvalue weighted by molar-refractivity contribution is 0.0951. The highest BCUT2D eigenvalue weighted by Gasteiger charge is 2.13. The number of hydrogen-bond donors (Lipinski definition) is 2. The molecule has 1 heterocycles. The summed E-state index contributed by atoms with van der Waals surface area (Å²) < 4.78 is 0.875. The summed E-state index contributed by atoms with van der Waals surface area (Å²) in [6, 6.07) is 20.7. The van der Waals surface area contributed by atoms with Crippen molar-refractivity contribution in [2.75, 3.05) is 0 Å². The first-order valence-electron chi connectivity index (χ1n) is 7.49. The SMILES string of the molecule is O=C(NCc1ccc(C(O)c2ccccc2)s1)c1cccc(Br)c1. The van der Waals surface area contributed by atoms with Crippen LogP contribution in [0, 0.1) is 0 Å². The molecule has 0 spiro atoms. The lowest BCUT2D eigenvalue weighted by atomic mass is 10.1. The normalized spacial score (nSPS) is 11.9. The van der Waals surface area contributed by atoms with Crippen LogP contribution in [0.1, 0.15) is 31.8 Å². The predicted molar refractivity (Wildman–Crippen MR) is 100 cm³/mol. The Kier molecular flexibility index (Phi) is 5.45. The van der Waals surface area contributed by atoms with Gasteiger partial charge in [-0.2, -0.15) is 0 Å². The van der Waals surface area contributed by atoms with Crippen LogP contribution in [0.5, 0.6) is 0 Å². The van der Waals surface area contributed by atoms with Crippen molar-refractivity contribution in [2.45, 2.75) is 12.6 Å². The first-order valence-corrected chi connectivity index (χ1v) is 9.10. The molecule has 0 saturated carbocycles. The van der Waals surface area contributed by atoms with Gasteiger partial charge in [0, 0.05) is 19.8 Å². The quantitative estimate of drug-likeness (QED) is 0.659. The van der Waals surface area contributed by atoms with Crippen LogP contribution >= 0.6 is 27.3 Å². The fraction of sp³-hybridized carbons (Fsp3) is 0.105. The van der Waals surface area contributed by atoms with Crippen LogP contribution < -0.4 is 5.32 Å². The average Bonchev–Trinajstić information content (AvgIpc) is 3.09. The van der Waals surface area contributed by atoms with Crippen LogP contribution in [0.4, 0.5) is 0 Å². The molecule has 0 aliphatic carbocycles. The van der Waals surface area contributed by atoms with Crippen LogP contribution in [0.25, 0.3) is 0 Å². The summed E-state index contributed by atoms with van der Waals surface area (Å²) in [7, 11) is 0. The maximum atomic E-state index is 12.2. The second-order valence-corrected chi connectivity index (χ2v) is 7.43. The fourth-order valence-electron chi connectivity index (χ4n) is 2.34. The van der Waals surface area contributed by atoms with E-state index in [-0.39, 0.29) is 5.91 Å². The highest BCUT2D eigenvalue weighted by Crippen LogP contribution is 2.28. The Morgan fingerprint density at radius 2 is 1.88 bits per heavy atom. The number of benzene rings is 2. The first-order chi connectivity index (χ1) is 11.6. The van der Waals surface area contributed by atoms with Crippen molar-refractivity contribution >= 4 is 33.2 Å². The van der Waals surface area contributed by atoms with Crippen molar-refractivity contribution in [3.8, 4) is 0 Å². The maximum Gasteiger partial charge on any atom is 0.251 e. The van der Waals surface area contributed by atoms with Crippen molar-refractivity contribution in [1.29, 1.82) is 0 Å². The van der Waals surface area contributed by atoms with E-state index in [0.29, 0.717) is 12.1 Å². The number of thiophene rings is 1. The zero-order valence-corrected chi connectivity index (χ0v) is 15.2. The second-order valence-electron chi connectivity index (χ2n) is 5.31. The molecule has 3 rings (SSSR count). The molecule has 1 aromatic heterocycles. The van der Waals surface area contributed by atoms with E-state index in [9.17, 15) is 9.90 Å². The Morgan fingerprint density at radius 1 is 1.08 bits per heavy atom. The fourth-order valence-corrected chi connectivity index (χ4v) is 3.70. The maximum absolute atomic E-state index is 12.2. The molecule has 0 fully saturated rings. The van der Waals surface area contributed by atoms with Gasteiger partial charge in [-0.05, 0) is 35.9 Å². The molecule has 0 bridgehead atoms. The average molecular weight is 402 g/mol. The molecule has 3 aromatic rings. The third-order valence-electron chi connectivity index (χ3n) is 3.58. The number of aliphatic hydroxyl groups is 1. The van der Waals surface area contributed by atoms with Gasteiger partial charge in [-0.15, -0.1) is 11.3 Å². The van der Waals surface area contributed by atoms with Crippen molar-refractivity contribution in [3.63, 3.8) is 0 Å². The molecule has 3 nitrogen and oxygen atoms in total. The number of amides is 1. The molecule has 5 heteroatoms. The third kappa shape index (κ3) is 4.12. The van der Waals surface area contributed by atoms with E-state index in [1.165, 1.54) is 11.3 Å². The lowest BCUT2D eigenvalue weighted by Gasteiger charge is -2.08. The van der Waals surface area contributed by atoms with Gasteiger partial charge in [-0.3, -0.25) is 4.79 Å². The van der Waals surface area contributed by atoms with Gasteiger partial charge in [0.05, 0.1) is 6.54 Å². The van der Waals surface area contributed by atoms with E-state index in [0.717, 1.165) is 19.8 Å². The van der Waals surface area contributed by atoms with Crippen LogP contribution in [0.2, 0.25) is 0 Å². The Balaban J connectivity index is 1.63. The smallest absolute Gasteiger partial charge is 0.251 e. The number of rotatable bonds is 5. The number of halogens is 1. The van der Waals surface area contributed by atoms with Gasteiger partial charge in [0.1, 0.15) is 6.10 Å². The zero-order chi connectivity index (χ0) is 16.9. The largest absolute Gasteiger partial charge is 0.383 e. The Hall–Kier alpha value is -1.95. The van der Waals surface area contributed by atoms with Crippen LogP contribution in [0.15, 0.2) is 71.2 Å². The highest BCUT2D eigenvalue weighted by molar-refractivity contribution is 9.10. The molecule has 24 heavy (non-hydrogen) atoms. The monoisotopic (exact) mass is 401 g/mol. The molecule has 0 saturated heterocycles. The number of hydrogen-bond acceptors (Lipinski definition) is 3. The van der Waals surface area contributed by atoms with E-state index >= 15 is 0 Å². The molecule has 2 N–H and O–H groups in total. The van der Waals surface area contributed by atoms with E-state index in [1.54, 1.807) is 12.1 Å². The summed E-state index contributed by atoms with van der Waals surface area (Å²) >= 11 is 4.86. The second kappa shape index (κ2) is 7.75. The molecule has 2 aromatic carbocycles. The summed E-state index contributed by atoms with van der Waals surface area (Å²) in [4.78, 5) is 14.0. The van der Waals surface area contributed by atoms with Gasteiger partial charge < -0.3 is 10.4 Å². The summed E-state index contributed by atoms with van der Waals surface area (Å²) in [5.74, 6) is -0.116. The lowest BCUT2D eigenvalue weighted by Crippen LogP contribution is -2.22. The number of nitrogens with one attached hydrogen (secondary N) is 1. The number of carbonyl (C=O) groups excluding carboxylic acids is 1. The molecule has 1 atom stereocenters. The minimum absolute atomic E-state index is 0.116. The number of carbonyl (C=O) groups is 1. The Morgan fingerprint density at radius 3 is 2.62 bits per heavy atom. The standard InChI is InChI=1S/C19H16BrNO2S/c20-15-8-4-7-14(11-15)19(23)21-12-16-9-10-17(24-16)18(22)13-5-2-1-3-6-13/h1-11,18,22H,12H2,(H,21,23). The van der Waals surface area contributed by atoms with Crippen molar-refractivity contribution in [2.24, 2.45) is 0 Å². The van der Waals surface area contributed by atoms with Crippen molar-refractivity contribution in [1.82, 2.24) is 5.32 Å². The highest BCUT2D eigenvalue weighted by atomic mass is 79.9. The predicted octanol–water partition coefficient (Wildman–Crippen LogP) is 4.52. The molecule has 1 amide bonds. The third-order valence-corrected chi connectivity index (χ3v) is 5.21. The first kappa shape index (κ1) is 16.9.